The number of nitrogens with zero attached hydrogens (tertiary/aromatic N) is 1. The highest BCUT2D eigenvalue weighted by Gasteiger charge is 2.55. The molecule has 3 nitrogen and oxygen atoms in total. The van der Waals surface area contributed by atoms with Gasteiger partial charge in [0.2, 0.25) is 0 Å². The lowest BCUT2D eigenvalue weighted by Crippen LogP contribution is -2.46. The molecule has 4 rings (SSSR count). The molecule has 3 N–H and O–H groups in total. The molecular formula is C20H26N2O. The van der Waals surface area contributed by atoms with E-state index < -0.39 is 0 Å². The highest BCUT2D eigenvalue weighted by Crippen LogP contribution is 2.64. The molecule has 4 aliphatic carbocycles. The first-order valence-corrected chi connectivity index (χ1v) is 8.74. The van der Waals surface area contributed by atoms with Crippen LogP contribution in [0.15, 0.2) is 52.9 Å². The maximum Gasteiger partial charge on any atom is 0.0827 e. The monoisotopic (exact) mass is 310 g/mol. The molecule has 0 bridgehead atoms. The highest BCUT2D eigenvalue weighted by atomic mass is 16.2. The normalized spacial score (nSPS) is 48.1. The zero-order chi connectivity index (χ0) is 16.2. The van der Waals surface area contributed by atoms with Crippen molar-refractivity contribution >= 4 is 5.71 Å². The summed E-state index contributed by atoms with van der Waals surface area (Å²) >= 11 is 0. The fraction of sp³-hybridized carbons (Fsp3) is 0.550. The zero-order valence-electron chi connectivity index (χ0n) is 14.0. The summed E-state index contributed by atoms with van der Waals surface area (Å²) in [5.74, 6) is 7.32. The average Bonchev–Trinajstić information content (AvgIpc) is 2.90. The second kappa shape index (κ2) is 4.86. The van der Waals surface area contributed by atoms with Crippen LogP contribution in [0.5, 0.6) is 0 Å². The predicted octanol–water partition coefficient (Wildman–Crippen LogP) is 4.26. The van der Waals surface area contributed by atoms with E-state index in [0.717, 1.165) is 12.1 Å². The second-order valence-corrected chi connectivity index (χ2v) is 8.07. The number of hydrogen-bond acceptors (Lipinski definition) is 3. The molecule has 0 spiro atoms. The highest BCUT2D eigenvalue weighted by molar-refractivity contribution is 6.06. The number of nitrogens with two attached hydrogens (primary N) is 1. The van der Waals surface area contributed by atoms with Crippen molar-refractivity contribution in [2.75, 3.05) is 0 Å². The summed E-state index contributed by atoms with van der Waals surface area (Å²) in [4.78, 5) is 0. The van der Waals surface area contributed by atoms with E-state index in [-0.39, 0.29) is 10.8 Å². The molecule has 0 aromatic rings. The molecular weight excluding hydrogens is 284 g/mol. The van der Waals surface area contributed by atoms with E-state index >= 15 is 0 Å². The first kappa shape index (κ1) is 14.8. The Labute approximate surface area is 138 Å². The van der Waals surface area contributed by atoms with Gasteiger partial charge in [-0.05, 0) is 72.2 Å². The average molecular weight is 310 g/mol. The molecule has 4 aliphatic rings. The van der Waals surface area contributed by atoms with Crippen LogP contribution in [0.4, 0.5) is 0 Å². The molecule has 2 fully saturated rings. The van der Waals surface area contributed by atoms with E-state index in [1.165, 1.54) is 36.7 Å². The van der Waals surface area contributed by atoms with E-state index in [2.05, 4.69) is 49.3 Å². The van der Waals surface area contributed by atoms with Gasteiger partial charge in [0.25, 0.3) is 0 Å². The number of rotatable bonds is 0. The third-order valence-corrected chi connectivity index (χ3v) is 7.28. The van der Waals surface area contributed by atoms with Crippen molar-refractivity contribution < 1.29 is 5.11 Å². The van der Waals surface area contributed by atoms with Crippen LogP contribution >= 0.6 is 0 Å². The van der Waals surface area contributed by atoms with Crippen LogP contribution in [0.3, 0.4) is 0 Å². The summed E-state index contributed by atoms with van der Waals surface area (Å²) in [6.07, 6.45) is 17.3. The van der Waals surface area contributed by atoms with Crippen molar-refractivity contribution in [2.24, 2.45) is 39.5 Å². The third-order valence-electron chi connectivity index (χ3n) is 7.28. The van der Waals surface area contributed by atoms with Crippen LogP contribution in [0, 0.1) is 28.6 Å². The van der Waals surface area contributed by atoms with Crippen LogP contribution in [0.1, 0.15) is 39.5 Å². The summed E-state index contributed by atoms with van der Waals surface area (Å²) in [7, 11) is 0. The Bertz CT molecular complexity index is 684. The molecule has 0 heterocycles. The predicted molar refractivity (Wildman–Crippen MR) is 93.8 cm³/mol. The van der Waals surface area contributed by atoms with Gasteiger partial charge in [0.15, 0.2) is 0 Å². The van der Waals surface area contributed by atoms with Gasteiger partial charge in [0.05, 0.1) is 12.0 Å². The summed E-state index contributed by atoms with van der Waals surface area (Å²) in [6, 6.07) is 0. The molecule has 0 aliphatic heterocycles. The molecule has 0 aromatic carbocycles. The first-order valence-electron chi connectivity index (χ1n) is 8.74. The largest absolute Gasteiger partial charge is 0.516 e. The van der Waals surface area contributed by atoms with Gasteiger partial charge in [-0.2, -0.15) is 5.10 Å². The fourth-order valence-corrected chi connectivity index (χ4v) is 5.80. The zero-order valence-corrected chi connectivity index (χ0v) is 14.0. The molecule has 0 unspecified atom stereocenters. The Hall–Kier alpha value is -1.77. The quantitative estimate of drug-likeness (QED) is 0.399. The first-order chi connectivity index (χ1) is 11.0. The molecule has 0 amide bonds. The molecule has 0 radical (unpaired) electrons. The lowest BCUT2D eigenvalue weighted by molar-refractivity contribution is 0.0423. The van der Waals surface area contributed by atoms with Gasteiger partial charge in [0.1, 0.15) is 0 Å². The molecule has 2 saturated carbocycles. The smallest absolute Gasteiger partial charge is 0.0827 e. The molecule has 0 aromatic heterocycles. The third kappa shape index (κ3) is 1.85. The number of allylic oxidation sites excluding steroid dienone is 7. The van der Waals surface area contributed by atoms with E-state index in [1.807, 2.05) is 0 Å². The lowest BCUT2D eigenvalue weighted by atomic mass is 9.50. The molecule has 0 saturated heterocycles. The van der Waals surface area contributed by atoms with Crippen LogP contribution < -0.4 is 5.84 Å². The number of hydrogen-bond donors (Lipinski definition) is 2. The number of hydrazone groups is 1. The van der Waals surface area contributed by atoms with E-state index in [4.69, 9.17) is 5.84 Å². The number of fused-ring (bicyclic) bond motifs is 5. The van der Waals surface area contributed by atoms with Gasteiger partial charge in [0, 0.05) is 5.41 Å². The number of aliphatic hydroxyl groups excluding tert-OH is 1. The van der Waals surface area contributed by atoms with Crippen molar-refractivity contribution in [3.8, 4) is 0 Å². The van der Waals surface area contributed by atoms with Crippen LogP contribution in [0.2, 0.25) is 0 Å². The van der Waals surface area contributed by atoms with Crippen molar-refractivity contribution in [1.82, 2.24) is 0 Å². The van der Waals surface area contributed by atoms with Crippen LogP contribution in [-0.2, 0) is 0 Å². The van der Waals surface area contributed by atoms with Gasteiger partial charge >= 0.3 is 0 Å². The van der Waals surface area contributed by atoms with Crippen LogP contribution in [-0.4, -0.2) is 10.8 Å². The Morgan fingerprint density at radius 2 is 2.09 bits per heavy atom. The van der Waals surface area contributed by atoms with Crippen molar-refractivity contribution in [3.05, 3.63) is 47.8 Å². The SMILES string of the molecule is C[C@]12C=CC(=NN)C=C1C=C[C@@H]1[C@@H]2CC[C@]2(C)C(=CO)CC[C@@H]12. The number of aliphatic hydroxyl groups is 1. The summed E-state index contributed by atoms with van der Waals surface area (Å²) < 4.78 is 0. The van der Waals surface area contributed by atoms with Gasteiger partial charge in [-0.15, -0.1) is 0 Å². The van der Waals surface area contributed by atoms with Crippen molar-refractivity contribution in [1.29, 1.82) is 0 Å². The van der Waals surface area contributed by atoms with E-state index in [9.17, 15) is 5.11 Å². The fourth-order valence-electron chi connectivity index (χ4n) is 5.80. The Kier molecular flexibility index (Phi) is 3.13. The van der Waals surface area contributed by atoms with Gasteiger partial charge in [-0.3, -0.25) is 0 Å². The summed E-state index contributed by atoms with van der Waals surface area (Å²) in [6.45, 7) is 4.73. The maximum absolute atomic E-state index is 9.64. The minimum atomic E-state index is 0.0839. The second-order valence-electron chi connectivity index (χ2n) is 8.07. The molecule has 5 atom stereocenters. The van der Waals surface area contributed by atoms with E-state index in [0.29, 0.717) is 17.8 Å². The standard InChI is InChI=1S/C20H26N2O/c1-19-9-7-15(22-21)11-13(19)3-5-16-17-6-4-14(12-23)20(17,2)10-8-18(16)19/h3,5,7,9,11-12,16-18,23H,4,6,8,10,21H2,1-2H3/t16-,17-,18-,19-,20+/m0/s1. The minimum absolute atomic E-state index is 0.0839. The van der Waals surface area contributed by atoms with Crippen LogP contribution in [0.25, 0.3) is 0 Å². The Morgan fingerprint density at radius 3 is 2.83 bits per heavy atom. The van der Waals surface area contributed by atoms with Gasteiger partial charge in [-0.25, -0.2) is 0 Å². The van der Waals surface area contributed by atoms with Crippen molar-refractivity contribution in [3.63, 3.8) is 0 Å². The molecule has 122 valence electrons. The Balaban J connectivity index is 1.76. The molecule has 23 heavy (non-hydrogen) atoms. The summed E-state index contributed by atoms with van der Waals surface area (Å²) in [5, 5.41) is 13.5. The van der Waals surface area contributed by atoms with Gasteiger partial charge in [-0.1, -0.05) is 32.1 Å². The molecule has 3 heteroatoms. The Morgan fingerprint density at radius 1 is 1.26 bits per heavy atom. The lowest BCUT2D eigenvalue weighted by Gasteiger charge is -2.54. The minimum Gasteiger partial charge on any atom is -0.516 e. The topological polar surface area (TPSA) is 58.6 Å². The van der Waals surface area contributed by atoms with Gasteiger partial charge < -0.3 is 10.9 Å². The van der Waals surface area contributed by atoms with Crippen molar-refractivity contribution in [2.45, 2.75) is 39.5 Å². The summed E-state index contributed by atoms with van der Waals surface area (Å²) in [5.41, 5.74) is 3.72. The maximum atomic E-state index is 9.64. The van der Waals surface area contributed by atoms with E-state index in [1.54, 1.807) is 0 Å².